The molecule has 74 heavy (non-hydrogen) atoms. The van der Waals surface area contributed by atoms with Gasteiger partial charge < -0.3 is 8.83 Å². The molecule has 0 aliphatic carbocycles. The molecule has 14 aromatic carbocycles. The lowest BCUT2D eigenvalue weighted by atomic mass is 9.84. The van der Waals surface area contributed by atoms with Crippen molar-refractivity contribution in [3.63, 3.8) is 0 Å². The molecule has 0 atom stereocenters. The highest BCUT2D eigenvalue weighted by atomic mass is 16.3. The zero-order valence-electron chi connectivity index (χ0n) is 40.1. The van der Waals surface area contributed by atoms with E-state index < -0.39 is 0 Å². The number of benzene rings is 14. The first-order valence-corrected chi connectivity index (χ1v) is 25.5. The van der Waals surface area contributed by atoms with Crippen molar-refractivity contribution in [3.8, 4) is 55.6 Å². The summed E-state index contributed by atoms with van der Waals surface area (Å²) in [6.45, 7) is 0. The number of para-hydroxylation sites is 1. The van der Waals surface area contributed by atoms with Crippen LogP contribution in [0.2, 0.25) is 0 Å². The topological polar surface area (TPSA) is 26.3 Å². The van der Waals surface area contributed by atoms with Gasteiger partial charge in [0.25, 0.3) is 0 Å². The van der Waals surface area contributed by atoms with E-state index in [2.05, 4.69) is 255 Å². The Morgan fingerprint density at radius 3 is 1.32 bits per heavy atom. The Kier molecular flexibility index (Phi) is 8.78. The van der Waals surface area contributed by atoms with Crippen molar-refractivity contribution in [3.05, 3.63) is 255 Å². The van der Waals surface area contributed by atoms with Crippen molar-refractivity contribution in [2.45, 2.75) is 0 Å². The van der Waals surface area contributed by atoms with Gasteiger partial charge in [-0.3, -0.25) is 0 Å². The molecular formula is C72H42O2. The lowest BCUT2D eigenvalue weighted by Gasteiger charge is -2.19. The molecule has 2 aromatic heterocycles. The second-order valence-electron chi connectivity index (χ2n) is 19.8. The third kappa shape index (κ3) is 6.00. The molecule has 2 nitrogen and oxygen atoms in total. The van der Waals surface area contributed by atoms with E-state index in [1.54, 1.807) is 0 Å². The molecule has 0 amide bonds. The fraction of sp³-hybridized carbons (Fsp3) is 0. The highest BCUT2D eigenvalue weighted by Crippen LogP contribution is 2.49. The third-order valence-corrected chi connectivity index (χ3v) is 15.8. The van der Waals surface area contributed by atoms with Crippen LogP contribution in [0, 0.1) is 0 Å². The maximum atomic E-state index is 7.07. The minimum atomic E-state index is 0.881. The summed E-state index contributed by atoms with van der Waals surface area (Å²) >= 11 is 0. The van der Waals surface area contributed by atoms with Gasteiger partial charge in [-0.25, -0.2) is 0 Å². The molecule has 0 N–H and O–H groups in total. The second-order valence-corrected chi connectivity index (χ2v) is 19.8. The SMILES string of the molecule is c1ccc(-c2c3ccccc3c(-c3ccc4oc5ccc6cc(-c7ccc8c(-c9ccccc9)c9ccccc9c(-c9cccc%10c9oc9c%11ccccc%11ccc%109)c8c7)ccc6c5c4c3)c3ccccc23)cc1. The molecule has 342 valence electrons. The Bertz CT molecular complexity index is 4940. The first-order valence-electron chi connectivity index (χ1n) is 25.5. The van der Waals surface area contributed by atoms with Crippen LogP contribution in [0.3, 0.4) is 0 Å². The van der Waals surface area contributed by atoms with Crippen molar-refractivity contribution < 1.29 is 8.83 Å². The van der Waals surface area contributed by atoms with Crippen LogP contribution in [0.15, 0.2) is 264 Å². The number of rotatable bonds is 5. The van der Waals surface area contributed by atoms with E-state index in [-0.39, 0.29) is 0 Å². The molecule has 0 saturated heterocycles. The predicted molar refractivity (Wildman–Crippen MR) is 313 cm³/mol. The molecule has 0 saturated carbocycles. The van der Waals surface area contributed by atoms with Crippen LogP contribution < -0.4 is 0 Å². The summed E-state index contributed by atoms with van der Waals surface area (Å²) in [7, 11) is 0. The average Bonchev–Trinajstić information content (AvgIpc) is 4.06. The fourth-order valence-electron chi connectivity index (χ4n) is 12.6. The summed E-state index contributed by atoms with van der Waals surface area (Å²) in [4.78, 5) is 0. The lowest BCUT2D eigenvalue weighted by Crippen LogP contribution is -1.92. The third-order valence-electron chi connectivity index (χ3n) is 15.8. The average molecular weight is 939 g/mol. The molecular weight excluding hydrogens is 897 g/mol. The summed E-state index contributed by atoms with van der Waals surface area (Å²) in [5.41, 5.74) is 15.5. The quantitative estimate of drug-likeness (QED) is 0.161. The molecule has 0 bridgehead atoms. The maximum Gasteiger partial charge on any atom is 0.143 e. The van der Waals surface area contributed by atoms with Crippen LogP contribution in [0.25, 0.3) is 164 Å². The van der Waals surface area contributed by atoms with E-state index in [0.29, 0.717) is 0 Å². The summed E-state index contributed by atoms with van der Waals surface area (Å²) in [6.07, 6.45) is 0. The lowest BCUT2D eigenvalue weighted by molar-refractivity contribution is 0.669. The van der Waals surface area contributed by atoms with Gasteiger partial charge in [-0.05, 0) is 140 Å². The van der Waals surface area contributed by atoms with Gasteiger partial charge in [-0.2, -0.15) is 0 Å². The molecule has 0 fully saturated rings. The smallest absolute Gasteiger partial charge is 0.143 e. The van der Waals surface area contributed by atoms with E-state index in [0.717, 1.165) is 71.3 Å². The Morgan fingerprint density at radius 1 is 0.203 bits per heavy atom. The van der Waals surface area contributed by atoms with E-state index in [1.807, 2.05) is 0 Å². The van der Waals surface area contributed by atoms with Crippen LogP contribution in [0.5, 0.6) is 0 Å². The van der Waals surface area contributed by atoms with Crippen LogP contribution >= 0.6 is 0 Å². The Balaban J connectivity index is 0.901. The first kappa shape index (κ1) is 40.9. The van der Waals surface area contributed by atoms with E-state index >= 15 is 0 Å². The molecule has 0 aliphatic rings. The van der Waals surface area contributed by atoms with E-state index in [1.165, 1.54) is 92.8 Å². The molecule has 16 aromatic rings. The normalized spacial score (nSPS) is 12.1. The van der Waals surface area contributed by atoms with Crippen molar-refractivity contribution in [1.29, 1.82) is 0 Å². The maximum absolute atomic E-state index is 7.07. The van der Waals surface area contributed by atoms with Gasteiger partial charge in [0, 0.05) is 38.1 Å². The molecule has 0 aliphatic heterocycles. The van der Waals surface area contributed by atoms with Gasteiger partial charge in [-0.1, -0.05) is 218 Å². The highest BCUT2D eigenvalue weighted by Gasteiger charge is 2.23. The number of hydrogen-bond donors (Lipinski definition) is 0. The fourth-order valence-corrected chi connectivity index (χ4v) is 12.6. The summed E-state index contributed by atoms with van der Waals surface area (Å²) in [5, 5.41) is 18.8. The highest BCUT2D eigenvalue weighted by molar-refractivity contribution is 6.27. The van der Waals surface area contributed by atoms with Gasteiger partial charge in [0.15, 0.2) is 0 Å². The minimum Gasteiger partial charge on any atom is -0.456 e. The van der Waals surface area contributed by atoms with Crippen molar-refractivity contribution in [2.75, 3.05) is 0 Å². The van der Waals surface area contributed by atoms with Gasteiger partial charge in [0.1, 0.15) is 22.3 Å². The molecule has 2 heteroatoms. The van der Waals surface area contributed by atoms with E-state index in [9.17, 15) is 0 Å². The Morgan fingerprint density at radius 2 is 0.662 bits per heavy atom. The zero-order chi connectivity index (χ0) is 48.4. The molecule has 0 unspecified atom stereocenters. The monoisotopic (exact) mass is 938 g/mol. The molecule has 2 heterocycles. The van der Waals surface area contributed by atoms with Crippen molar-refractivity contribution in [2.24, 2.45) is 0 Å². The van der Waals surface area contributed by atoms with Gasteiger partial charge in [-0.15, -0.1) is 0 Å². The van der Waals surface area contributed by atoms with Gasteiger partial charge in [0.2, 0.25) is 0 Å². The summed E-state index contributed by atoms with van der Waals surface area (Å²) in [5.74, 6) is 0. The number of fused-ring (bicyclic) bond motifs is 14. The summed E-state index contributed by atoms with van der Waals surface area (Å²) < 4.78 is 13.7. The number of furan rings is 2. The van der Waals surface area contributed by atoms with Crippen molar-refractivity contribution >= 4 is 109 Å². The van der Waals surface area contributed by atoms with Crippen LogP contribution in [0.1, 0.15) is 0 Å². The second kappa shape index (κ2) is 15.9. The predicted octanol–water partition coefficient (Wildman–Crippen LogP) is 20.7. The van der Waals surface area contributed by atoms with Gasteiger partial charge in [0.05, 0.1) is 0 Å². The minimum absolute atomic E-state index is 0.881. The van der Waals surface area contributed by atoms with Gasteiger partial charge >= 0.3 is 0 Å². The Hall–Kier alpha value is -9.76. The van der Waals surface area contributed by atoms with Crippen LogP contribution in [0.4, 0.5) is 0 Å². The number of hydrogen-bond acceptors (Lipinski definition) is 2. The zero-order valence-corrected chi connectivity index (χ0v) is 40.1. The van der Waals surface area contributed by atoms with Crippen LogP contribution in [-0.2, 0) is 0 Å². The molecule has 16 rings (SSSR count). The largest absolute Gasteiger partial charge is 0.456 e. The molecule has 0 spiro atoms. The van der Waals surface area contributed by atoms with Crippen LogP contribution in [-0.4, -0.2) is 0 Å². The first-order chi connectivity index (χ1) is 36.7. The summed E-state index contributed by atoms with van der Waals surface area (Å²) in [6, 6.07) is 93.0. The Labute approximate surface area is 425 Å². The van der Waals surface area contributed by atoms with Crippen molar-refractivity contribution in [1.82, 2.24) is 0 Å². The molecule has 0 radical (unpaired) electrons. The standard InChI is InChI=1S/C72H42O2/c1-3-17-44(18-4-1)66-52-22-9-11-24-54(52)68(55-25-12-10-23-53(55)66)49-34-38-64-63(42-49)70-50-35-31-46(40-48(50)33-39-65(70)73-64)47-32-36-58-62(41-47)69(57-27-14-13-26-56(57)67(58)45-19-5-2-6-20-45)61-29-15-28-59-60-37-30-43-16-7-8-21-51(43)71(60)74-72(59)61/h1-42H. The van der Waals surface area contributed by atoms with E-state index in [4.69, 9.17) is 8.83 Å².